The topological polar surface area (TPSA) is 76.6 Å². The molecule has 1 aliphatic heterocycles. The van der Waals surface area contributed by atoms with Gasteiger partial charge in [0, 0.05) is 48.7 Å². The maximum absolute atomic E-state index is 13.1. The predicted octanol–water partition coefficient (Wildman–Crippen LogP) is 5.24. The smallest absolute Gasteiger partial charge is 0.298 e. The standard InChI is InChI=1S/C29H30N4O3S/c1-21(23-10-6-3-7-11-23)30-28(34)24-12-13-26(25(19-24)20-33-14-16-35-17-15-33)36-29-31-27(32-37-29)18-22-8-4-2-5-9-22/h2-13,19,21H,14-18,20H2,1H3,(H,30,34). The minimum absolute atomic E-state index is 0.100. The highest BCUT2D eigenvalue weighted by atomic mass is 32.1. The molecule has 5 rings (SSSR count). The molecule has 1 unspecified atom stereocenters. The average Bonchev–Trinajstić information content (AvgIpc) is 3.37. The Morgan fingerprint density at radius 2 is 1.78 bits per heavy atom. The fourth-order valence-corrected chi connectivity index (χ4v) is 4.83. The van der Waals surface area contributed by atoms with Gasteiger partial charge in [-0.2, -0.15) is 9.36 Å². The summed E-state index contributed by atoms with van der Waals surface area (Å²) in [5, 5.41) is 3.60. The first-order valence-electron chi connectivity index (χ1n) is 12.5. The first kappa shape index (κ1) is 25.1. The highest BCUT2D eigenvalue weighted by Crippen LogP contribution is 2.29. The Balaban J connectivity index is 1.33. The molecule has 1 aliphatic rings. The van der Waals surface area contributed by atoms with Gasteiger partial charge in [-0.05, 0) is 36.2 Å². The lowest BCUT2D eigenvalue weighted by molar-refractivity contribution is 0.0339. The average molecular weight is 515 g/mol. The third-order valence-electron chi connectivity index (χ3n) is 6.32. The van der Waals surface area contributed by atoms with Crippen molar-refractivity contribution in [2.24, 2.45) is 0 Å². The molecule has 1 N–H and O–H groups in total. The van der Waals surface area contributed by atoms with Crippen LogP contribution in [0.2, 0.25) is 0 Å². The number of aromatic nitrogens is 2. The molecule has 190 valence electrons. The van der Waals surface area contributed by atoms with E-state index in [9.17, 15) is 4.79 Å². The number of hydrogen-bond acceptors (Lipinski definition) is 7. The van der Waals surface area contributed by atoms with Crippen LogP contribution in [0.5, 0.6) is 10.9 Å². The van der Waals surface area contributed by atoms with Crippen molar-refractivity contribution >= 4 is 17.4 Å². The molecule has 1 saturated heterocycles. The molecule has 2 heterocycles. The second kappa shape index (κ2) is 12.1. The first-order chi connectivity index (χ1) is 18.1. The molecule has 8 heteroatoms. The number of carbonyl (C=O) groups excluding carboxylic acids is 1. The Morgan fingerprint density at radius 3 is 2.54 bits per heavy atom. The zero-order chi connectivity index (χ0) is 25.5. The van der Waals surface area contributed by atoms with E-state index in [1.165, 1.54) is 11.5 Å². The Kier molecular flexibility index (Phi) is 8.20. The van der Waals surface area contributed by atoms with Crippen LogP contribution >= 0.6 is 11.5 Å². The minimum atomic E-state index is -0.118. The van der Waals surface area contributed by atoms with Crippen molar-refractivity contribution in [3.8, 4) is 10.9 Å². The fourth-order valence-electron chi connectivity index (χ4n) is 4.27. The summed E-state index contributed by atoms with van der Waals surface area (Å²) in [6.45, 7) is 5.71. The zero-order valence-electron chi connectivity index (χ0n) is 20.8. The molecule has 0 radical (unpaired) electrons. The maximum Gasteiger partial charge on any atom is 0.298 e. The number of benzene rings is 3. The Morgan fingerprint density at radius 1 is 1.05 bits per heavy atom. The van der Waals surface area contributed by atoms with Crippen molar-refractivity contribution in [1.29, 1.82) is 0 Å². The van der Waals surface area contributed by atoms with Crippen LogP contribution in [0.25, 0.3) is 0 Å². The zero-order valence-corrected chi connectivity index (χ0v) is 21.6. The SMILES string of the molecule is CC(NC(=O)c1ccc(Oc2nc(Cc3ccccc3)ns2)c(CN2CCOCC2)c1)c1ccccc1. The van der Waals surface area contributed by atoms with Crippen molar-refractivity contribution in [2.45, 2.75) is 25.9 Å². The van der Waals surface area contributed by atoms with Gasteiger partial charge in [0.05, 0.1) is 19.3 Å². The molecule has 0 bridgehead atoms. The van der Waals surface area contributed by atoms with E-state index in [0.717, 1.165) is 35.6 Å². The second-order valence-corrected chi connectivity index (χ2v) is 9.77. The molecule has 3 aromatic carbocycles. The molecule has 1 aromatic heterocycles. The van der Waals surface area contributed by atoms with E-state index < -0.39 is 0 Å². The largest absolute Gasteiger partial charge is 0.430 e. The summed E-state index contributed by atoms with van der Waals surface area (Å²) in [7, 11) is 0. The molecule has 7 nitrogen and oxygen atoms in total. The monoisotopic (exact) mass is 514 g/mol. The van der Waals surface area contributed by atoms with Crippen molar-refractivity contribution in [3.05, 3.63) is 107 Å². The van der Waals surface area contributed by atoms with E-state index in [0.29, 0.717) is 42.7 Å². The number of rotatable bonds is 9. The van der Waals surface area contributed by atoms with Crippen LogP contribution in [0.4, 0.5) is 0 Å². The summed E-state index contributed by atoms with van der Waals surface area (Å²) in [4.78, 5) is 20.0. The van der Waals surface area contributed by atoms with E-state index >= 15 is 0 Å². The second-order valence-electron chi connectivity index (χ2n) is 9.06. The number of hydrogen-bond donors (Lipinski definition) is 1. The van der Waals surface area contributed by atoms with Crippen LogP contribution in [0.3, 0.4) is 0 Å². The van der Waals surface area contributed by atoms with Crippen molar-refractivity contribution in [1.82, 2.24) is 19.6 Å². The van der Waals surface area contributed by atoms with Gasteiger partial charge in [-0.3, -0.25) is 9.69 Å². The fraction of sp³-hybridized carbons (Fsp3) is 0.276. The molecule has 37 heavy (non-hydrogen) atoms. The van der Waals surface area contributed by atoms with Crippen molar-refractivity contribution < 1.29 is 14.3 Å². The van der Waals surface area contributed by atoms with Gasteiger partial charge < -0.3 is 14.8 Å². The molecular weight excluding hydrogens is 484 g/mol. The lowest BCUT2D eigenvalue weighted by Crippen LogP contribution is -2.35. The quantitative estimate of drug-likeness (QED) is 0.329. The van der Waals surface area contributed by atoms with Gasteiger partial charge in [0.25, 0.3) is 11.1 Å². The van der Waals surface area contributed by atoms with Gasteiger partial charge in [-0.15, -0.1) is 0 Å². The molecule has 4 aromatic rings. The van der Waals surface area contributed by atoms with Crippen LogP contribution in [-0.2, 0) is 17.7 Å². The normalized spacial score (nSPS) is 14.7. The van der Waals surface area contributed by atoms with E-state index in [4.69, 9.17) is 9.47 Å². The van der Waals surface area contributed by atoms with Gasteiger partial charge in [0.15, 0.2) is 5.82 Å². The number of nitrogens with one attached hydrogen (secondary N) is 1. The van der Waals surface area contributed by atoms with Crippen molar-refractivity contribution in [2.75, 3.05) is 26.3 Å². The van der Waals surface area contributed by atoms with Gasteiger partial charge in [0.2, 0.25) is 0 Å². The van der Waals surface area contributed by atoms with E-state index in [1.807, 2.05) is 67.6 Å². The third kappa shape index (κ3) is 6.80. The molecular formula is C29H30N4O3S. The Labute approximate surface area is 221 Å². The van der Waals surface area contributed by atoms with Gasteiger partial charge in [-0.1, -0.05) is 60.7 Å². The highest BCUT2D eigenvalue weighted by Gasteiger charge is 2.19. The maximum atomic E-state index is 13.1. The summed E-state index contributed by atoms with van der Waals surface area (Å²) < 4.78 is 16.2. The highest BCUT2D eigenvalue weighted by molar-refractivity contribution is 7.07. The van der Waals surface area contributed by atoms with Crippen molar-refractivity contribution in [3.63, 3.8) is 0 Å². The number of morpholine rings is 1. The van der Waals surface area contributed by atoms with Crippen LogP contribution in [0.15, 0.2) is 78.9 Å². The lowest BCUT2D eigenvalue weighted by Gasteiger charge is -2.27. The molecule has 0 spiro atoms. The Bertz CT molecular complexity index is 1310. The number of carbonyl (C=O) groups is 1. The lowest BCUT2D eigenvalue weighted by atomic mass is 10.1. The van der Waals surface area contributed by atoms with Crippen LogP contribution in [0, 0.1) is 0 Å². The summed E-state index contributed by atoms with van der Waals surface area (Å²) in [6, 6.07) is 25.6. The van der Waals surface area contributed by atoms with Gasteiger partial charge in [-0.25, -0.2) is 0 Å². The summed E-state index contributed by atoms with van der Waals surface area (Å²) >= 11 is 1.24. The minimum Gasteiger partial charge on any atom is -0.430 e. The van der Waals surface area contributed by atoms with E-state index in [1.54, 1.807) is 6.07 Å². The first-order valence-corrected chi connectivity index (χ1v) is 13.2. The van der Waals surface area contributed by atoms with Crippen LogP contribution < -0.4 is 10.1 Å². The van der Waals surface area contributed by atoms with E-state index in [2.05, 4.69) is 31.7 Å². The number of ether oxygens (including phenoxy) is 2. The predicted molar refractivity (Wildman–Crippen MR) is 144 cm³/mol. The van der Waals surface area contributed by atoms with Crippen LogP contribution in [0.1, 0.15) is 45.8 Å². The molecule has 0 saturated carbocycles. The van der Waals surface area contributed by atoms with Gasteiger partial charge in [0.1, 0.15) is 5.75 Å². The molecule has 1 atom stereocenters. The van der Waals surface area contributed by atoms with Crippen LogP contribution in [-0.4, -0.2) is 46.5 Å². The number of nitrogens with zero attached hydrogens (tertiary/aromatic N) is 3. The molecule has 1 amide bonds. The van der Waals surface area contributed by atoms with Gasteiger partial charge >= 0.3 is 0 Å². The van der Waals surface area contributed by atoms with E-state index in [-0.39, 0.29) is 11.9 Å². The molecule has 1 fully saturated rings. The molecule has 0 aliphatic carbocycles. The summed E-state index contributed by atoms with van der Waals surface area (Å²) in [5.74, 6) is 1.29. The number of amides is 1. The summed E-state index contributed by atoms with van der Waals surface area (Å²) in [5.41, 5.74) is 3.74. The summed E-state index contributed by atoms with van der Waals surface area (Å²) in [6.07, 6.45) is 0.653. The Hall–Kier alpha value is -3.59. The third-order valence-corrected chi connectivity index (χ3v) is 6.95.